The van der Waals surface area contributed by atoms with Gasteiger partial charge in [0.2, 0.25) is 0 Å². The number of nitrogens with one attached hydrogen (secondary N) is 1. The van der Waals surface area contributed by atoms with E-state index in [9.17, 15) is 4.79 Å². The third-order valence-electron chi connectivity index (χ3n) is 2.32. The van der Waals surface area contributed by atoms with Crippen LogP contribution in [0.2, 0.25) is 0 Å². The summed E-state index contributed by atoms with van der Waals surface area (Å²) < 4.78 is 5.21. The highest BCUT2D eigenvalue weighted by Crippen LogP contribution is 2.11. The Hall–Kier alpha value is -2.02. The van der Waals surface area contributed by atoms with Crippen LogP contribution in [0.15, 0.2) is 24.3 Å². The number of esters is 1. The molecule has 0 saturated heterocycles. The molecule has 1 N–H and O–H groups in total. The summed E-state index contributed by atoms with van der Waals surface area (Å²) in [5.74, 6) is -0.207. The third kappa shape index (κ3) is 6.46. The van der Waals surface area contributed by atoms with Crippen molar-refractivity contribution in [3.8, 4) is 6.07 Å². The molecule has 0 saturated carbocycles. The molecule has 0 heterocycles. The first-order valence-electron chi connectivity index (χ1n) is 6.32. The van der Waals surface area contributed by atoms with Crippen molar-refractivity contribution < 1.29 is 9.53 Å². The van der Waals surface area contributed by atoms with Crippen LogP contribution in [0.5, 0.6) is 0 Å². The lowest BCUT2D eigenvalue weighted by molar-refractivity contribution is -0.154. The summed E-state index contributed by atoms with van der Waals surface area (Å²) in [6.45, 7) is 6.09. The molecule has 4 nitrogen and oxygen atoms in total. The van der Waals surface area contributed by atoms with Gasteiger partial charge in [0.25, 0.3) is 0 Å². The zero-order valence-electron chi connectivity index (χ0n) is 11.7. The summed E-state index contributed by atoms with van der Waals surface area (Å²) in [6, 6.07) is 9.71. The third-order valence-corrected chi connectivity index (χ3v) is 2.32. The maximum Gasteiger partial charge on any atom is 0.308 e. The molecule has 0 spiro atoms. The average Bonchev–Trinajstić information content (AvgIpc) is 2.29. The predicted octanol–water partition coefficient (Wildman–Crippen LogP) is 2.90. The highest BCUT2D eigenvalue weighted by Gasteiger charge is 2.15. The molecule has 19 heavy (non-hydrogen) atoms. The fraction of sp³-hybridized carbons (Fsp3) is 0.467. The number of ether oxygens (including phenoxy) is 1. The smallest absolute Gasteiger partial charge is 0.308 e. The molecule has 0 atom stereocenters. The number of nitriles is 1. The van der Waals surface area contributed by atoms with E-state index in [1.807, 2.05) is 45.0 Å². The van der Waals surface area contributed by atoms with Crippen LogP contribution in [0.1, 0.15) is 32.8 Å². The average molecular weight is 260 g/mol. The van der Waals surface area contributed by atoms with Gasteiger partial charge in [0.1, 0.15) is 5.60 Å². The standard InChI is InChI=1S/C15H20N2O2/c1-15(2,3)19-14(18)9-11-17-13-6-4-12(5-7-13)8-10-16/h4-7,17H,8-9,11H2,1-3H3. The molecule has 0 fully saturated rings. The van der Waals surface area contributed by atoms with Gasteiger partial charge in [0, 0.05) is 12.2 Å². The number of rotatable bonds is 5. The van der Waals surface area contributed by atoms with Crippen LogP contribution in [-0.4, -0.2) is 18.1 Å². The van der Waals surface area contributed by atoms with Crippen molar-refractivity contribution in [3.05, 3.63) is 29.8 Å². The highest BCUT2D eigenvalue weighted by molar-refractivity contribution is 5.70. The molecule has 4 heteroatoms. The molecule has 0 aromatic heterocycles. The van der Waals surface area contributed by atoms with Crippen molar-refractivity contribution >= 4 is 11.7 Å². The van der Waals surface area contributed by atoms with Gasteiger partial charge in [-0.2, -0.15) is 5.26 Å². The molecule has 1 aromatic rings. The lowest BCUT2D eigenvalue weighted by Gasteiger charge is -2.19. The second-order valence-corrected chi connectivity index (χ2v) is 5.30. The molecule has 0 bridgehead atoms. The number of benzene rings is 1. The van der Waals surface area contributed by atoms with Gasteiger partial charge in [-0.05, 0) is 38.5 Å². The molecule has 0 amide bonds. The molecule has 0 radical (unpaired) electrons. The fourth-order valence-electron chi connectivity index (χ4n) is 1.53. The van der Waals surface area contributed by atoms with Crippen molar-refractivity contribution in [1.82, 2.24) is 0 Å². The normalized spacial score (nSPS) is 10.6. The second kappa shape index (κ2) is 6.79. The minimum Gasteiger partial charge on any atom is -0.460 e. The molecular formula is C15H20N2O2. The van der Waals surface area contributed by atoms with Gasteiger partial charge >= 0.3 is 5.97 Å². The zero-order chi connectivity index (χ0) is 14.3. The van der Waals surface area contributed by atoms with Crippen LogP contribution in [0.25, 0.3) is 0 Å². The summed E-state index contributed by atoms with van der Waals surface area (Å²) >= 11 is 0. The van der Waals surface area contributed by atoms with Crippen molar-refractivity contribution in [2.24, 2.45) is 0 Å². The number of hydrogen-bond donors (Lipinski definition) is 1. The summed E-state index contributed by atoms with van der Waals surface area (Å²) in [5.41, 5.74) is 1.49. The number of hydrogen-bond acceptors (Lipinski definition) is 4. The van der Waals surface area contributed by atoms with Crippen molar-refractivity contribution in [3.63, 3.8) is 0 Å². The Kier molecular flexibility index (Phi) is 5.37. The maximum absolute atomic E-state index is 11.5. The van der Waals surface area contributed by atoms with E-state index in [1.54, 1.807) is 0 Å². The van der Waals surface area contributed by atoms with Crippen LogP contribution in [0, 0.1) is 11.3 Å². The Bertz CT molecular complexity index is 453. The number of anilines is 1. The zero-order valence-corrected chi connectivity index (χ0v) is 11.7. The first-order chi connectivity index (χ1) is 8.90. The van der Waals surface area contributed by atoms with E-state index < -0.39 is 5.60 Å². The van der Waals surface area contributed by atoms with Gasteiger partial charge in [-0.25, -0.2) is 0 Å². The first-order valence-corrected chi connectivity index (χ1v) is 6.32. The molecule has 1 aromatic carbocycles. The van der Waals surface area contributed by atoms with Gasteiger partial charge in [-0.1, -0.05) is 12.1 Å². The molecule has 0 aliphatic heterocycles. The monoisotopic (exact) mass is 260 g/mol. The van der Waals surface area contributed by atoms with E-state index >= 15 is 0 Å². The maximum atomic E-state index is 11.5. The van der Waals surface area contributed by atoms with E-state index in [0.717, 1.165) is 11.3 Å². The van der Waals surface area contributed by atoms with Gasteiger partial charge in [-0.15, -0.1) is 0 Å². The second-order valence-electron chi connectivity index (χ2n) is 5.30. The molecule has 0 aliphatic rings. The van der Waals surface area contributed by atoms with Crippen molar-refractivity contribution in [1.29, 1.82) is 5.26 Å². The lowest BCUT2D eigenvalue weighted by Crippen LogP contribution is -2.25. The summed E-state index contributed by atoms with van der Waals surface area (Å²) in [7, 11) is 0. The Morgan fingerprint density at radius 1 is 1.32 bits per heavy atom. The molecule has 1 rings (SSSR count). The van der Waals surface area contributed by atoms with E-state index in [-0.39, 0.29) is 5.97 Å². The molecule has 0 unspecified atom stereocenters. The molecular weight excluding hydrogens is 240 g/mol. The van der Waals surface area contributed by atoms with Crippen LogP contribution < -0.4 is 5.32 Å². The van der Waals surface area contributed by atoms with Gasteiger partial charge in [-0.3, -0.25) is 4.79 Å². The van der Waals surface area contributed by atoms with Crippen LogP contribution >= 0.6 is 0 Å². The van der Waals surface area contributed by atoms with E-state index in [0.29, 0.717) is 19.4 Å². The van der Waals surface area contributed by atoms with E-state index in [4.69, 9.17) is 10.00 Å². The molecule has 102 valence electrons. The first kappa shape index (κ1) is 15.0. The molecule has 0 aliphatic carbocycles. The SMILES string of the molecule is CC(C)(C)OC(=O)CCNc1ccc(CC#N)cc1. The Balaban J connectivity index is 2.33. The number of nitrogens with zero attached hydrogens (tertiary/aromatic N) is 1. The number of carbonyl (C=O) groups excluding carboxylic acids is 1. The van der Waals surface area contributed by atoms with Crippen molar-refractivity contribution in [2.75, 3.05) is 11.9 Å². The highest BCUT2D eigenvalue weighted by atomic mass is 16.6. The Morgan fingerprint density at radius 3 is 2.47 bits per heavy atom. The van der Waals surface area contributed by atoms with E-state index in [1.165, 1.54) is 0 Å². The van der Waals surface area contributed by atoms with Crippen LogP contribution in [0.3, 0.4) is 0 Å². The Morgan fingerprint density at radius 2 is 1.95 bits per heavy atom. The number of carbonyl (C=O) groups is 1. The summed E-state index contributed by atoms with van der Waals surface area (Å²) in [5, 5.41) is 11.7. The minimum atomic E-state index is -0.434. The van der Waals surface area contributed by atoms with Crippen LogP contribution in [-0.2, 0) is 16.0 Å². The lowest BCUT2D eigenvalue weighted by atomic mass is 10.1. The van der Waals surface area contributed by atoms with Gasteiger partial charge in [0.15, 0.2) is 0 Å². The largest absolute Gasteiger partial charge is 0.460 e. The quantitative estimate of drug-likeness (QED) is 0.827. The van der Waals surface area contributed by atoms with E-state index in [2.05, 4.69) is 11.4 Å². The summed E-state index contributed by atoms with van der Waals surface area (Å²) in [6.07, 6.45) is 0.745. The topological polar surface area (TPSA) is 62.1 Å². The summed E-state index contributed by atoms with van der Waals surface area (Å²) in [4.78, 5) is 11.5. The Labute approximate surface area is 114 Å². The fourth-order valence-corrected chi connectivity index (χ4v) is 1.53. The minimum absolute atomic E-state index is 0.207. The predicted molar refractivity (Wildman–Crippen MR) is 74.7 cm³/mol. The van der Waals surface area contributed by atoms with Gasteiger partial charge < -0.3 is 10.1 Å². The van der Waals surface area contributed by atoms with Crippen molar-refractivity contribution in [2.45, 2.75) is 39.2 Å². The van der Waals surface area contributed by atoms with Crippen LogP contribution in [0.4, 0.5) is 5.69 Å². The van der Waals surface area contributed by atoms with Gasteiger partial charge in [0.05, 0.1) is 18.9 Å².